The van der Waals surface area contributed by atoms with E-state index in [-0.39, 0.29) is 36.2 Å². The molecule has 0 bridgehead atoms. The summed E-state index contributed by atoms with van der Waals surface area (Å²) in [5, 5.41) is 18.6. The molecule has 200 valence electrons. The Balaban J connectivity index is 1.87. The number of hydrogen-bond donors (Lipinski definition) is 2. The molecule has 12 heteroatoms. The molecule has 3 N–H and O–H groups in total. The van der Waals surface area contributed by atoms with Crippen molar-refractivity contribution in [2.45, 2.75) is 59.3 Å². The van der Waals surface area contributed by atoms with Gasteiger partial charge in [0.1, 0.15) is 18.1 Å². The Labute approximate surface area is 217 Å². The van der Waals surface area contributed by atoms with Gasteiger partial charge in [-0.15, -0.1) is 5.10 Å². The zero-order valence-electron chi connectivity index (χ0n) is 21.4. The molecule has 0 atom stereocenters. The molecule has 38 heavy (non-hydrogen) atoms. The summed E-state index contributed by atoms with van der Waals surface area (Å²) >= 11 is 0. The summed E-state index contributed by atoms with van der Waals surface area (Å²) in [4.78, 5) is 12.6. The topological polar surface area (TPSA) is 125 Å². The Kier molecular flexibility index (Phi) is 7.63. The number of rotatable bonds is 9. The fraction of sp³-hybridized carbons (Fsp3) is 0.346. The average molecular weight is 528 g/mol. The lowest BCUT2D eigenvalue weighted by atomic mass is 9.99. The smallest absolute Gasteiger partial charge is 0.280 e. The highest BCUT2D eigenvalue weighted by Crippen LogP contribution is 2.39. The molecule has 0 unspecified atom stereocenters. The molecular weight excluding hydrogens is 499 g/mol. The van der Waals surface area contributed by atoms with E-state index in [1.807, 2.05) is 6.92 Å². The van der Waals surface area contributed by atoms with Gasteiger partial charge in [-0.3, -0.25) is 4.98 Å². The number of aryl methyl sites for hydroxylation is 2. The Morgan fingerprint density at radius 3 is 2.42 bits per heavy atom. The van der Waals surface area contributed by atoms with Gasteiger partial charge in [0.25, 0.3) is 6.43 Å². The van der Waals surface area contributed by atoms with Crippen LogP contribution in [0.3, 0.4) is 0 Å². The van der Waals surface area contributed by atoms with Crippen molar-refractivity contribution < 1.29 is 23.0 Å². The minimum absolute atomic E-state index is 0.0284. The van der Waals surface area contributed by atoms with E-state index < -0.39 is 23.5 Å². The second-order valence-electron chi connectivity index (χ2n) is 9.44. The van der Waals surface area contributed by atoms with E-state index in [1.54, 1.807) is 31.5 Å². The van der Waals surface area contributed by atoms with Crippen LogP contribution in [0.4, 0.5) is 19.1 Å². The first kappa shape index (κ1) is 27.0. The summed E-state index contributed by atoms with van der Waals surface area (Å²) in [6.07, 6.45) is -2.25. The van der Waals surface area contributed by atoms with Crippen LogP contribution >= 0.6 is 0 Å². The van der Waals surface area contributed by atoms with Gasteiger partial charge in [-0.25, -0.2) is 22.8 Å². The van der Waals surface area contributed by atoms with E-state index in [2.05, 4.69) is 25.3 Å². The standard InChI is InChI=1S/C26H28F3N7O2/c1-5-18-20(36(35-34-18)13-26(3,4)37)12-38-24-21(16-10-14(2)31-19(11-16)23(28)29)22(32-25(30)33-24)15-6-8-17(27)9-7-15/h6-11,23,37H,5,12-13H2,1-4H3,(H2,30,32,33). The highest BCUT2D eigenvalue weighted by molar-refractivity contribution is 5.85. The predicted molar refractivity (Wildman–Crippen MR) is 135 cm³/mol. The molecule has 0 aliphatic carbocycles. The molecule has 0 radical (unpaired) electrons. The molecule has 0 spiro atoms. The lowest BCUT2D eigenvalue weighted by Gasteiger charge is -2.19. The van der Waals surface area contributed by atoms with Crippen molar-refractivity contribution in [3.8, 4) is 28.3 Å². The van der Waals surface area contributed by atoms with Gasteiger partial charge in [-0.1, -0.05) is 12.1 Å². The van der Waals surface area contributed by atoms with E-state index in [0.717, 1.165) is 0 Å². The summed E-state index contributed by atoms with van der Waals surface area (Å²) in [6, 6.07) is 8.37. The van der Waals surface area contributed by atoms with Crippen molar-refractivity contribution in [2.75, 3.05) is 5.73 Å². The maximum absolute atomic E-state index is 13.7. The summed E-state index contributed by atoms with van der Waals surface area (Å²) in [7, 11) is 0. The van der Waals surface area contributed by atoms with Crippen LogP contribution < -0.4 is 10.5 Å². The number of nitrogens with two attached hydrogens (primary N) is 1. The number of nitrogens with zero attached hydrogens (tertiary/aromatic N) is 6. The van der Waals surface area contributed by atoms with Crippen LogP contribution in [0.25, 0.3) is 22.4 Å². The Morgan fingerprint density at radius 1 is 1.08 bits per heavy atom. The predicted octanol–water partition coefficient (Wildman–Crippen LogP) is 4.68. The molecule has 9 nitrogen and oxygen atoms in total. The van der Waals surface area contributed by atoms with Crippen LogP contribution in [0.15, 0.2) is 36.4 Å². The maximum Gasteiger partial charge on any atom is 0.280 e. The molecule has 3 aromatic heterocycles. The minimum atomic E-state index is -2.81. The van der Waals surface area contributed by atoms with Gasteiger partial charge < -0.3 is 15.6 Å². The summed E-state index contributed by atoms with van der Waals surface area (Å²) < 4.78 is 48.7. The van der Waals surface area contributed by atoms with Crippen molar-refractivity contribution in [3.05, 3.63) is 65.0 Å². The zero-order valence-corrected chi connectivity index (χ0v) is 21.4. The molecule has 0 aliphatic heterocycles. The van der Waals surface area contributed by atoms with Gasteiger partial charge in [-0.2, -0.15) is 4.98 Å². The number of aromatic nitrogens is 6. The number of anilines is 1. The molecule has 0 saturated heterocycles. The number of hydrogen-bond acceptors (Lipinski definition) is 8. The summed E-state index contributed by atoms with van der Waals surface area (Å²) in [6.45, 7) is 6.92. The van der Waals surface area contributed by atoms with Crippen LogP contribution in [-0.4, -0.2) is 40.7 Å². The van der Waals surface area contributed by atoms with Crippen molar-refractivity contribution in [2.24, 2.45) is 0 Å². The third-order valence-corrected chi connectivity index (χ3v) is 5.63. The number of pyridine rings is 1. The minimum Gasteiger partial charge on any atom is -0.471 e. The molecule has 0 aliphatic rings. The van der Waals surface area contributed by atoms with Crippen LogP contribution in [0.2, 0.25) is 0 Å². The Morgan fingerprint density at radius 2 is 1.79 bits per heavy atom. The Bertz CT molecular complexity index is 1430. The van der Waals surface area contributed by atoms with Crippen LogP contribution in [0.5, 0.6) is 5.88 Å². The van der Waals surface area contributed by atoms with Crippen molar-refractivity contribution in [1.82, 2.24) is 29.9 Å². The van der Waals surface area contributed by atoms with Crippen LogP contribution in [0, 0.1) is 12.7 Å². The van der Waals surface area contributed by atoms with Crippen LogP contribution in [0.1, 0.15) is 50.0 Å². The lowest BCUT2D eigenvalue weighted by molar-refractivity contribution is 0.0551. The molecule has 3 heterocycles. The van der Waals surface area contributed by atoms with E-state index in [0.29, 0.717) is 34.6 Å². The second-order valence-corrected chi connectivity index (χ2v) is 9.44. The molecule has 0 fully saturated rings. The third-order valence-electron chi connectivity index (χ3n) is 5.63. The van der Waals surface area contributed by atoms with Gasteiger partial charge in [0.2, 0.25) is 11.8 Å². The fourth-order valence-electron chi connectivity index (χ4n) is 4.02. The largest absolute Gasteiger partial charge is 0.471 e. The normalized spacial score (nSPS) is 11.8. The number of ether oxygens (including phenoxy) is 1. The van der Waals surface area contributed by atoms with Crippen molar-refractivity contribution >= 4 is 5.95 Å². The first-order chi connectivity index (χ1) is 17.9. The molecular formula is C26H28F3N7O2. The van der Waals surface area contributed by atoms with E-state index in [1.165, 1.54) is 30.3 Å². The molecule has 4 rings (SSSR count). The molecule has 0 saturated carbocycles. The number of alkyl halides is 2. The second kappa shape index (κ2) is 10.7. The summed E-state index contributed by atoms with van der Waals surface area (Å²) in [5.74, 6) is -0.546. The van der Waals surface area contributed by atoms with Gasteiger partial charge in [0.15, 0.2) is 0 Å². The van der Waals surface area contributed by atoms with Crippen molar-refractivity contribution in [3.63, 3.8) is 0 Å². The Hall–Kier alpha value is -4.06. The van der Waals surface area contributed by atoms with E-state index >= 15 is 0 Å². The highest BCUT2D eigenvalue weighted by Gasteiger charge is 2.24. The fourth-order valence-corrected chi connectivity index (χ4v) is 4.02. The molecule has 0 amide bonds. The maximum atomic E-state index is 13.7. The number of nitrogen functional groups attached to an aromatic ring is 1. The quantitative estimate of drug-likeness (QED) is 0.322. The third kappa shape index (κ3) is 6.08. The summed E-state index contributed by atoms with van der Waals surface area (Å²) in [5.41, 5.74) is 7.55. The zero-order chi connectivity index (χ0) is 27.6. The number of benzene rings is 1. The van der Waals surface area contributed by atoms with Gasteiger partial charge in [0, 0.05) is 11.3 Å². The average Bonchev–Trinajstić information content (AvgIpc) is 3.22. The van der Waals surface area contributed by atoms with Gasteiger partial charge >= 0.3 is 0 Å². The first-order valence-electron chi connectivity index (χ1n) is 11.9. The number of aliphatic hydroxyl groups is 1. The van der Waals surface area contributed by atoms with Crippen molar-refractivity contribution in [1.29, 1.82) is 0 Å². The molecule has 4 aromatic rings. The van der Waals surface area contributed by atoms with Gasteiger partial charge in [-0.05, 0) is 69.2 Å². The lowest BCUT2D eigenvalue weighted by Crippen LogP contribution is -2.28. The SMILES string of the molecule is CCc1nnn(CC(C)(C)O)c1COc1nc(N)nc(-c2ccc(F)cc2)c1-c1cc(C)nc(C(F)F)c1. The van der Waals surface area contributed by atoms with Crippen LogP contribution in [-0.2, 0) is 19.6 Å². The van der Waals surface area contributed by atoms with Gasteiger partial charge in [0.05, 0.1) is 34.8 Å². The van der Waals surface area contributed by atoms with E-state index in [9.17, 15) is 18.3 Å². The first-order valence-corrected chi connectivity index (χ1v) is 11.9. The number of halogens is 3. The highest BCUT2D eigenvalue weighted by atomic mass is 19.3. The molecule has 1 aromatic carbocycles. The monoisotopic (exact) mass is 527 g/mol. The van der Waals surface area contributed by atoms with E-state index in [4.69, 9.17) is 10.5 Å².